The highest BCUT2D eigenvalue weighted by Gasteiger charge is 2.04. The lowest BCUT2D eigenvalue weighted by molar-refractivity contribution is 0.100. The van der Waals surface area contributed by atoms with Gasteiger partial charge in [-0.05, 0) is 0 Å². The van der Waals surface area contributed by atoms with Crippen LogP contribution in [0.3, 0.4) is 0 Å². The molecule has 0 spiro atoms. The molecule has 2 amide bonds. The van der Waals surface area contributed by atoms with Gasteiger partial charge in [0, 0.05) is 0 Å². The molecule has 7 heteroatoms. The molecule has 0 bridgehead atoms. The molecule has 0 aliphatic heterocycles. The van der Waals surface area contributed by atoms with Gasteiger partial charge in [-0.3, -0.25) is 4.84 Å². The van der Waals surface area contributed by atoms with Crippen LogP contribution in [0, 0.1) is 0 Å². The molecule has 0 aromatic heterocycles. The van der Waals surface area contributed by atoms with Crippen molar-refractivity contribution in [1.29, 1.82) is 0 Å². The predicted molar refractivity (Wildman–Crippen MR) is 36.8 cm³/mol. The first kappa shape index (κ1) is 13.0. The normalized spacial score (nSPS) is 8.73. The van der Waals surface area contributed by atoms with Gasteiger partial charge in [-0.1, -0.05) is 0 Å². The molecule has 0 rings (SSSR count). The summed E-state index contributed by atoms with van der Waals surface area (Å²) in [5.41, 5.74) is 1.82. The number of carbonyl (C=O) groups excluding carboxylic acids is 1. The van der Waals surface area contributed by atoms with Crippen molar-refractivity contribution >= 4 is 18.4 Å². The maximum Gasteiger partial charge on any atom is 0.338 e. The number of urea groups is 1. The van der Waals surface area contributed by atoms with Crippen molar-refractivity contribution in [1.82, 2.24) is 10.8 Å². The summed E-state index contributed by atoms with van der Waals surface area (Å²) < 4.78 is 22.7. The fourth-order valence-electron chi connectivity index (χ4n) is 0.299. The summed E-state index contributed by atoms with van der Waals surface area (Å²) in [6.07, 6.45) is -2.54. The second-order valence-corrected chi connectivity index (χ2v) is 1.41. The van der Waals surface area contributed by atoms with Gasteiger partial charge in [0.25, 0.3) is 6.43 Å². The van der Waals surface area contributed by atoms with Crippen molar-refractivity contribution in [2.75, 3.05) is 13.7 Å². The minimum Gasteiger partial charge on any atom is -0.331 e. The number of halogens is 3. The van der Waals surface area contributed by atoms with E-state index in [1.165, 1.54) is 7.11 Å². The number of hydrogen-bond acceptors (Lipinski definition) is 2. The first-order valence-corrected chi connectivity index (χ1v) is 2.51. The molecule has 0 saturated heterocycles. The molecule has 0 unspecified atom stereocenters. The summed E-state index contributed by atoms with van der Waals surface area (Å²) in [7, 11) is 1.21. The maximum atomic E-state index is 11.4. The number of nitrogens with one attached hydrogen (secondary N) is 2. The number of hydrogen-bond donors (Lipinski definition) is 2. The zero-order valence-corrected chi connectivity index (χ0v) is 6.58. The third-order valence-corrected chi connectivity index (χ3v) is 0.612. The Bertz CT molecular complexity index is 114. The number of hydroxylamine groups is 1. The Kier molecular flexibility index (Phi) is 8.85. The van der Waals surface area contributed by atoms with Gasteiger partial charge in [-0.2, -0.15) is 0 Å². The highest BCUT2D eigenvalue weighted by molar-refractivity contribution is 5.85. The lowest BCUT2D eigenvalue weighted by atomic mass is 10.7. The molecule has 0 aromatic rings. The van der Waals surface area contributed by atoms with Gasteiger partial charge in [-0.15, -0.1) is 12.4 Å². The van der Waals surface area contributed by atoms with E-state index in [-0.39, 0.29) is 12.4 Å². The molecule has 0 saturated carbocycles. The Morgan fingerprint density at radius 3 is 2.55 bits per heavy atom. The van der Waals surface area contributed by atoms with Gasteiger partial charge < -0.3 is 5.32 Å². The van der Waals surface area contributed by atoms with E-state index in [0.717, 1.165) is 0 Å². The molecule has 4 nitrogen and oxygen atoms in total. The molecule has 0 aromatic carbocycles. The van der Waals surface area contributed by atoms with Crippen molar-refractivity contribution in [3.63, 3.8) is 0 Å². The fourth-order valence-corrected chi connectivity index (χ4v) is 0.299. The third-order valence-electron chi connectivity index (χ3n) is 0.612. The van der Waals surface area contributed by atoms with Crippen LogP contribution in [-0.4, -0.2) is 26.1 Å². The Labute approximate surface area is 68.6 Å². The molecule has 0 aliphatic carbocycles. The lowest BCUT2D eigenvalue weighted by Crippen LogP contribution is -2.37. The minimum atomic E-state index is -2.54. The van der Waals surface area contributed by atoms with Crippen molar-refractivity contribution in [3.05, 3.63) is 0 Å². The lowest BCUT2D eigenvalue weighted by Gasteiger charge is -2.03. The fraction of sp³-hybridized carbons (Fsp3) is 0.750. The van der Waals surface area contributed by atoms with Gasteiger partial charge in [0.2, 0.25) is 0 Å². The Hall–Kier alpha value is -0.620. The van der Waals surface area contributed by atoms with Crippen molar-refractivity contribution in [2.45, 2.75) is 6.43 Å². The summed E-state index contributed by atoms with van der Waals surface area (Å²) in [4.78, 5) is 14.4. The Balaban J connectivity index is 0. The van der Waals surface area contributed by atoms with Crippen LogP contribution < -0.4 is 10.8 Å². The molecule has 0 fully saturated rings. The zero-order valence-electron chi connectivity index (χ0n) is 5.77. The molecule has 0 atom stereocenters. The van der Waals surface area contributed by atoms with Crippen LogP contribution in [-0.2, 0) is 4.84 Å². The molecule has 0 aliphatic rings. The first-order valence-electron chi connectivity index (χ1n) is 2.51. The minimum absolute atomic E-state index is 0. The van der Waals surface area contributed by atoms with Crippen LogP contribution in [0.2, 0.25) is 0 Å². The van der Waals surface area contributed by atoms with Crippen molar-refractivity contribution < 1.29 is 18.4 Å². The SMILES string of the molecule is CONC(=O)NCC(F)F.Cl. The number of carbonyl (C=O) groups is 1. The number of rotatable bonds is 3. The van der Waals surface area contributed by atoms with Crippen LogP contribution in [0.4, 0.5) is 13.6 Å². The van der Waals surface area contributed by atoms with Gasteiger partial charge in [0.15, 0.2) is 0 Å². The van der Waals surface area contributed by atoms with Crippen LogP contribution in [0.1, 0.15) is 0 Å². The van der Waals surface area contributed by atoms with Crippen LogP contribution >= 0.6 is 12.4 Å². The first-order chi connectivity index (χ1) is 4.66. The average molecular weight is 191 g/mol. The third kappa shape index (κ3) is 9.38. The molecule has 68 valence electrons. The van der Waals surface area contributed by atoms with E-state index in [1.54, 1.807) is 0 Å². The van der Waals surface area contributed by atoms with E-state index in [4.69, 9.17) is 0 Å². The monoisotopic (exact) mass is 190 g/mol. The predicted octanol–water partition coefficient (Wildman–Crippen LogP) is 0.534. The molecule has 0 radical (unpaired) electrons. The largest absolute Gasteiger partial charge is 0.338 e. The second kappa shape index (κ2) is 7.49. The van der Waals surface area contributed by atoms with Gasteiger partial charge in [0.1, 0.15) is 0 Å². The Morgan fingerprint density at radius 2 is 2.18 bits per heavy atom. The summed E-state index contributed by atoms with van der Waals surface area (Å²) >= 11 is 0. The summed E-state index contributed by atoms with van der Waals surface area (Å²) in [5.74, 6) is 0. The van der Waals surface area contributed by atoms with Crippen LogP contribution in [0.25, 0.3) is 0 Å². The highest BCUT2D eigenvalue weighted by Crippen LogP contribution is 1.86. The highest BCUT2D eigenvalue weighted by atomic mass is 35.5. The summed E-state index contributed by atoms with van der Waals surface area (Å²) in [6.45, 7) is -0.671. The standard InChI is InChI=1S/C4H8F2N2O2.ClH/c1-10-8-4(9)7-2-3(5)6;/h3H,2H2,1H3,(H2,7,8,9);1H. The average Bonchev–Trinajstić information content (AvgIpc) is 1.85. The molecule has 0 heterocycles. The van der Waals surface area contributed by atoms with Crippen LogP contribution in [0.5, 0.6) is 0 Å². The quantitative estimate of drug-likeness (QED) is 0.638. The second-order valence-electron chi connectivity index (χ2n) is 1.41. The number of amides is 2. The van der Waals surface area contributed by atoms with Crippen LogP contribution in [0.15, 0.2) is 0 Å². The number of alkyl halides is 2. The molecular formula is C4H9ClF2N2O2. The van der Waals surface area contributed by atoms with Gasteiger partial charge in [-0.25, -0.2) is 19.1 Å². The Morgan fingerprint density at radius 1 is 1.64 bits per heavy atom. The van der Waals surface area contributed by atoms with E-state index >= 15 is 0 Å². The molecule has 2 N–H and O–H groups in total. The summed E-state index contributed by atoms with van der Waals surface area (Å²) in [6, 6.07) is -0.775. The van der Waals surface area contributed by atoms with Gasteiger partial charge >= 0.3 is 6.03 Å². The zero-order chi connectivity index (χ0) is 7.98. The van der Waals surface area contributed by atoms with Crippen molar-refractivity contribution in [2.24, 2.45) is 0 Å². The maximum absolute atomic E-state index is 11.4. The topological polar surface area (TPSA) is 50.4 Å². The van der Waals surface area contributed by atoms with E-state index in [9.17, 15) is 13.6 Å². The van der Waals surface area contributed by atoms with Gasteiger partial charge in [0.05, 0.1) is 13.7 Å². The van der Waals surface area contributed by atoms with E-state index in [0.29, 0.717) is 0 Å². The van der Waals surface area contributed by atoms with E-state index in [2.05, 4.69) is 4.84 Å². The molecule has 11 heavy (non-hydrogen) atoms. The smallest absolute Gasteiger partial charge is 0.331 e. The molecular weight excluding hydrogens is 182 g/mol. The summed E-state index contributed by atoms with van der Waals surface area (Å²) in [5, 5.41) is 1.86. The van der Waals surface area contributed by atoms with E-state index in [1.807, 2.05) is 10.8 Å². The van der Waals surface area contributed by atoms with Crippen molar-refractivity contribution in [3.8, 4) is 0 Å². The van der Waals surface area contributed by atoms with E-state index < -0.39 is 19.0 Å².